The van der Waals surface area contributed by atoms with Gasteiger partial charge in [-0.2, -0.15) is 4.39 Å². The molecule has 1 atom stereocenters. The Morgan fingerprint density at radius 2 is 2.17 bits per heavy atom. The molecule has 0 saturated heterocycles. The van der Waals surface area contributed by atoms with Gasteiger partial charge in [-0.3, -0.25) is 14.8 Å². The maximum absolute atomic E-state index is 13.4. The molecule has 7 heteroatoms. The highest BCUT2D eigenvalue weighted by molar-refractivity contribution is 6.29. The van der Waals surface area contributed by atoms with Crippen LogP contribution in [0.1, 0.15) is 18.7 Å². The lowest BCUT2D eigenvalue weighted by molar-refractivity contribution is 0.509. The van der Waals surface area contributed by atoms with Gasteiger partial charge < -0.3 is 0 Å². The fourth-order valence-electron chi connectivity index (χ4n) is 1.61. The van der Waals surface area contributed by atoms with Crippen molar-refractivity contribution in [3.8, 4) is 0 Å². The fraction of sp³-hybridized carbons (Fsp3) is 0.182. The van der Waals surface area contributed by atoms with Gasteiger partial charge in [-0.1, -0.05) is 17.7 Å². The zero-order valence-electron chi connectivity index (χ0n) is 9.35. The lowest BCUT2D eigenvalue weighted by Gasteiger charge is -2.13. The highest BCUT2D eigenvalue weighted by atomic mass is 35.5. The molecular formula is C11H9ClFN3O2. The van der Waals surface area contributed by atoms with Crippen molar-refractivity contribution in [2.45, 2.75) is 13.0 Å². The number of pyridine rings is 1. The maximum atomic E-state index is 13.4. The van der Waals surface area contributed by atoms with E-state index in [0.29, 0.717) is 5.69 Å². The van der Waals surface area contributed by atoms with E-state index in [1.165, 1.54) is 6.20 Å². The molecular weight excluding hydrogens is 261 g/mol. The number of aromatic amines is 1. The Balaban J connectivity index is 2.63. The van der Waals surface area contributed by atoms with E-state index >= 15 is 0 Å². The predicted octanol–water partition coefficient (Wildman–Crippen LogP) is 1.33. The number of hydrogen-bond acceptors (Lipinski definition) is 3. The van der Waals surface area contributed by atoms with Crippen molar-refractivity contribution >= 4 is 11.6 Å². The summed E-state index contributed by atoms with van der Waals surface area (Å²) in [4.78, 5) is 29.4. The Labute approximate surface area is 106 Å². The van der Waals surface area contributed by atoms with Crippen molar-refractivity contribution in [2.24, 2.45) is 0 Å². The summed E-state index contributed by atoms with van der Waals surface area (Å²) in [6, 6.07) is 4.37. The Morgan fingerprint density at radius 1 is 1.44 bits per heavy atom. The van der Waals surface area contributed by atoms with Crippen LogP contribution in [0.15, 0.2) is 34.0 Å². The molecule has 2 heterocycles. The summed E-state index contributed by atoms with van der Waals surface area (Å²) in [7, 11) is 0. The Kier molecular flexibility index (Phi) is 3.29. The van der Waals surface area contributed by atoms with Gasteiger partial charge in [0.1, 0.15) is 0 Å². The Bertz CT molecular complexity index is 681. The lowest BCUT2D eigenvalue weighted by Crippen LogP contribution is -2.39. The highest BCUT2D eigenvalue weighted by Gasteiger charge is 2.18. The number of rotatable bonds is 2. The van der Waals surface area contributed by atoms with Gasteiger partial charge in [0.05, 0.1) is 11.7 Å². The van der Waals surface area contributed by atoms with Crippen LogP contribution in [0.25, 0.3) is 0 Å². The molecule has 94 valence electrons. The van der Waals surface area contributed by atoms with E-state index < -0.39 is 28.3 Å². The first-order chi connectivity index (χ1) is 8.52. The highest BCUT2D eigenvalue weighted by Crippen LogP contribution is 2.12. The maximum Gasteiger partial charge on any atom is 0.330 e. The SMILES string of the molecule is CC(c1ccccn1)n1c(=O)[nH]c(Cl)c(F)c1=O. The van der Waals surface area contributed by atoms with Crippen LogP contribution in [-0.4, -0.2) is 14.5 Å². The number of aromatic nitrogens is 3. The molecule has 1 N–H and O–H groups in total. The van der Waals surface area contributed by atoms with Gasteiger partial charge in [0.15, 0.2) is 5.15 Å². The molecule has 2 aromatic rings. The average molecular weight is 270 g/mol. The quantitative estimate of drug-likeness (QED) is 0.837. The van der Waals surface area contributed by atoms with Crippen molar-refractivity contribution < 1.29 is 4.39 Å². The molecule has 0 spiro atoms. The molecule has 0 aliphatic carbocycles. The molecule has 1 unspecified atom stereocenters. The first kappa shape index (κ1) is 12.5. The third-order valence-electron chi connectivity index (χ3n) is 2.54. The summed E-state index contributed by atoms with van der Waals surface area (Å²) < 4.78 is 14.1. The van der Waals surface area contributed by atoms with E-state index in [1.807, 2.05) is 0 Å². The lowest BCUT2D eigenvalue weighted by atomic mass is 10.2. The van der Waals surface area contributed by atoms with Crippen LogP contribution >= 0.6 is 11.6 Å². The predicted molar refractivity (Wildman–Crippen MR) is 64.3 cm³/mol. The minimum Gasteiger partial charge on any atom is -0.295 e. The molecule has 0 bridgehead atoms. The molecule has 0 saturated carbocycles. The van der Waals surface area contributed by atoms with Crippen LogP contribution in [0, 0.1) is 5.82 Å². The zero-order chi connectivity index (χ0) is 13.3. The summed E-state index contributed by atoms with van der Waals surface area (Å²) in [5.74, 6) is -1.18. The molecule has 18 heavy (non-hydrogen) atoms. The number of nitrogens with one attached hydrogen (secondary N) is 1. The second kappa shape index (κ2) is 4.73. The van der Waals surface area contributed by atoms with Crippen molar-refractivity contribution in [1.29, 1.82) is 0 Å². The normalized spacial score (nSPS) is 12.4. The molecule has 2 rings (SSSR count). The summed E-state index contributed by atoms with van der Waals surface area (Å²) in [5.41, 5.74) is -1.36. The van der Waals surface area contributed by atoms with Gasteiger partial charge in [-0.25, -0.2) is 9.36 Å². The van der Waals surface area contributed by atoms with Gasteiger partial charge >= 0.3 is 5.69 Å². The van der Waals surface area contributed by atoms with Gasteiger partial charge in [-0.15, -0.1) is 0 Å². The summed E-state index contributed by atoms with van der Waals surface area (Å²) >= 11 is 5.38. The van der Waals surface area contributed by atoms with Crippen molar-refractivity contribution in [3.63, 3.8) is 0 Å². The van der Waals surface area contributed by atoms with E-state index in [4.69, 9.17) is 11.6 Å². The first-order valence-corrected chi connectivity index (χ1v) is 5.51. The zero-order valence-corrected chi connectivity index (χ0v) is 10.1. The Morgan fingerprint density at radius 3 is 2.78 bits per heavy atom. The summed E-state index contributed by atoms with van der Waals surface area (Å²) in [6.07, 6.45) is 1.53. The fourth-order valence-corrected chi connectivity index (χ4v) is 1.77. The number of H-pyrrole nitrogens is 1. The molecule has 0 amide bonds. The summed E-state index contributed by atoms with van der Waals surface area (Å²) in [6.45, 7) is 1.58. The van der Waals surface area contributed by atoms with Crippen LogP contribution < -0.4 is 11.2 Å². The van der Waals surface area contributed by atoms with E-state index in [-0.39, 0.29) is 0 Å². The van der Waals surface area contributed by atoms with Gasteiger partial charge in [0.25, 0.3) is 5.56 Å². The van der Waals surface area contributed by atoms with E-state index in [9.17, 15) is 14.0 Å². The molecule has 0 fully saturated rings. The smallest absolute Gasteiger partial charge is 0.295 e. The standard InChI is InChI=1S/C11H9ClFN3O2/c1-6(7-4-2-3-5-14-7)16-10(17)8(13)9(12)15-11(16)18/h2-6H,1H3,(H,15,18). The first-order valence-electron chi connectivity index (χ1n) is 5.13. The van der Waals surface area contributed by atoms with Crippen LogP contribution in [0.2, 0.25) is 5.15 Å². The molecule has 0 aliphatic rings. The van der Waals surface area contributed by atoms with Gasteiger partial charge in [0.2, 0.25) is 5.82 Å². The van der Waals surface area contributed by atoms with Gasteiger partial charge in [0, 0.05) is 6.20 Å². The average Bonchev–Trinajstić information content (AvgIpc) is 2.37. The second-order valence-electron chi connectivity index (χ2n) is 3.66. The number of hydrogen-bond donors (Lipinski definition) is 1. The monoisotopic (exact) mass is 269 g/mol. The molecule has 0 radical (unpaired) electrons. The minimum absolute atomic E-state index is 0.479. The number of halogens is 2. The van der Waals surface area contributed by atoms with E-state index in [1.54, 1.807) is 25.1 Å². The van der Waals surface area contributed by atoms with Crippen LogP contribution in [0.3, 0.4) is 0 Å². The topological polar surface area (TPSA) is 67.8 Å². The van der Waals surface area contributed by atoms with Crippen LogP contribution in [0.5, 0.6) is 0 Å². The van der Waals surface area contributed by atoms with E-state index in [0.717, 1.165) is 4.57 Å². The van der Waals surface area contributed by atoms with Crippen LogP contribution in [-0.2, 0) is 0 Å². The molecule has 2 aromatic heterocycles. The van der Waals surface area contributed by atoms with Crippen molar-refractivity contribution in [3.05, 3.63) is 61.9 Å². The minimum atomic E-state index is -1.18. The molecule has 0 aliphatic heterocycles. The van der Waals surface area contributed by atoms with Crippen LogP contribution in [0.4, 0.5) is 4.39 Å². The van der Waals surface area contributed by atoms with Gasteiger partial charge in [-0.05, 0) is 19.1 Å². The van der Waals surface area contributed by atoms with Crippen molar-refractivity contribution in [2.75, 3.05) is 0 Å². The third-order valence-corrected chi connectivity index (χ3v) is 2.80. The molecule has 0 aromatic carbocycles. The van der Waals surface area contributed by atoms with E-state index in [2.05, 4.69) is 9.97 Å². The van der Waals surface area contributed by atoms with Crippen molar-refractivity contribution in [1.82, 2.24) is 14.5 Å². The largest absolute Gasteiger partial charge is 0.330 e. The molecule has 5 nitrogen and oxygen atoms in total. The number of nitrogens with zero attached hydrogens (tertiary/aromatic N) is 2. The summed E-state index contributed by atoms with van der Waals surface area (Å²) in [5, 5.41) is -0.588. The Hall–Kier alpha value is -1.95. The third kappa shape index (κ3) is 2.06. The second-order valence-corrected chi connectivity index (χ2v) is 4.04.